The first kappa shape index (κ1) is 24.4. The zero-order chi connectivity index (χ0) is 25.7. The van der Waals surface area contributed by atoms with Gasteiger partial charge in [0.05, 0.1) is 16.3 Å². The minimum atomic E-state index is -0.544. The van der Waals surface area contributed by atoms with Crippen LogP contribution >= 0.6 is 23.2 Å². The number of nitrogens with one attached hydrogen (secondary N) is 2. The quantitative estimate of drug-likeness (QED) is 0.370. The van der Waals surface area contributed by atoms with Crippen molar-refractivity contribution in [1.82, 2.24) is 30.1 Å². The third-order valence-corrected chi connectivity index (χ3v) is 8.12. The van der Waals surface area contributed by atoms with Crippen LogP contribution < -0.4 is 10.6 Å². The maximum Gasteiger partial charge on any atom is 0.242 e. The number of nitrogens with zero attached hydrogens (tertiary/aromatic N) is 4. The summed E-state index contributed by atoms with van der Waals surface area (Å²) in [6.07, 6.45) is 2.98. The number of rotatable bonds is 4. The molecule has 2 N–H and O–H groups in total. The van der Waals surface area contributed by atoms with Gasteiger partial charge in [-0.25, -0.2) is 9.50 Å². The lowest BCUT2D eigenvalue weighted by atomic mass is 9.86. The van der Waals surface area contributed by atoms with Crippen molar-refractivity contribution in [3.63, 3.8) is 0 Å². The molecule has 0 bridgehead atoms. The number of amides is 1. The lowest BCUT2D eigenvalue weighted by Crippen LogP contribution is -2.57. The summed E-state index contributed by atoms with van der Waals surface area (Å²) in [6.45, 7) is 5.92. The number of aromatic nitrogens is 3. The van der Waals surface area contributed by atoms with Crippen LogP contribution in [0.5, 0.6) is 0 Å². The molecular weight excluding hydrogens is 507 g/mol. The normalized spacial score (nSPS) is 19.7. The molecule has 2 aliphatic heterocycles. The fourth-order valence-electron chi connectivity index (χ4n) is 5.92. The van der Waals surface area contributed by atoms with Gasteiger partial charge in [-0.2, -0.15) is 5.10 Å². The Labute approximate surface area is 225 Å². The summed E-state index contributed by atoms with van der Waals surface area (Å²) in [4.78, 5) is 20.6. The van der Waals surface area contributed by atoms with Crippen molar-refractivity contribution in [2.24, 2.45) is 0 Å². The monoisotopic (exact) mass is 534 g/mol. The van der Waals surface area contributed by atoms with Crippen LogP contribution in [0.25, 0.3) is 28.0 Å². The van der Waals surface area contributed by atoms with Gasteiger partial charge < -0.3 is 10.6 Å². The van der Waals surface area contributed by atoms with Gasteiger partial charge in [0, 0.05) is 22.8 Å². The molecule has 1 atom stereocenters. The Morgan fingerprint density at radius 1 is 1.03 bits per heavy atom. The molecule has 2 aromatic heterocycles. The minimum Gasteiger partial charge on any atom is -0.333 e. The Kier molecular flexibility index (Phi) is 6.19. The molecule has 2 aliphatic rings. The largest absolute Gasteiger partial charge is 0.333 e. The Morgan fingerprint density at radius 3 is 2.46 bits per heavy atom. The van der Waals surface area contributed by atoms with E-state index in [4.69, 9.17) is 33.3 Å². The summed E-state index contributed by atoms with van der Waals surface area (Å²) in [5, 5.41) is 13.1. The van der Waals surface area contributed by atoms with Crippen LogP contribution in [-0.2, 0) is 4.79 Å². The molecule has 2 saturated heterocycles. The zero-order valence-electron chi connectivity index (χ0n) is 20.7. The fourth-order valence-corrected chi connectivity index (χ4v) is 6.27. The average Bonchev–Trinajstić information content (AvgIpc) is 3.41. The number of hydrogen-bond donors (Lipinski definition) is 2. The topological polar surface area (TPSA) is 74.6 Å². The molecule has 2 aromatic carbocycles. The first-order valence-corrected chi connectivity index (χ1v) is 13.3. The highest BCUT2D eigenvalue weighted by Gasteiger charge is 2.55. The fraction of sp³-hybridized carbons (Fsp3) is 0.321. The maximum atomic E-state index is 13.5. The van der Waals surface area contributed by atoms with E-state index in [2.05, 4.69) is 29.4 Å². The predicted octanol–water partition coefficient (Wildman–Crippen LogP) is 5.33. The van der Waals surface area contributed by atoms with Crippen LogP contribution in [0.2, 0.25) is 10.0 Å². The first-order chi connectivity index (χ1) is 17.9. The summed E-state index contributed by atoms with van der Waals surface area (Å²) >= 11 is 12.9. The molecule has 7 nitrogen and oxygen atoms in total. The minimum absolute atomic E-state index is 0.0778. The molecule has 9 heteroatoms. The van der Waals surface area contributed by atoms with E-state index in [0.29, 0.717) is 15.7 Å². The Morgan fingerprint density at radius 2 is 1.76 bits per heavy atom. The predicted molar refractivity (Wildman–Crippen MR) is 147 cm³/mol. The van der Waals surface area contributed by atoms with Crippen LogP contribution in [0, 0.1) is 0 Å². The highest BCUT2D eigenvalue weighted by atomic mass is 35.5. The molecule has 1 spiro atoms. The van der Waals surface area contributed by atoms with Gasteiger partial charge in [0.25, 0.3) is 0 Å². The van der Waals surface area contributed by atoms with Gasteiger partial charge >= 0.3 is 0 Å². The molecular formula is C28H28Cl2N6O. The molecule has 37 heavy (non-hydrogen) atoms. The van der Waals surface area contributed by atoms with Crippen molar-refractivity contribution in [1.29, 1.82) is 0 Å². The second-order valence-corrected chi connectivity index (χ2v) is 10.8. The van der Waals surface area contributed by atoms with E-state index in [-0.39, 0.29) is 18.1 Å². The molecule has 190 valence electrons. The third kappa shape index (κ3) is 3.92. The molecule has 4 heterocycles. The zero-order valence-corrected chi connectivity index (χ0v) is 22.2. The molecule has 1 unspecified atom stereocenters. The van der Waals surface area contributed by atoms with Gasteiger partial charge in [0.1, 0.15) is 17.4 Å². The molecule has 6 rings (SSSR count). The molecule has 1 amide bonds. The van der Waals surface area contributed by atoms with Crippen molar-refractivity contribution in [3.05, 3.63) is 76.5 Å². The highest BCUT2D eigenvalue weighted by molar-refractivity contribution is 6.33. The van der Waals surface area contributed by atoms with E-state index in [1.165, 1.54) is 0 Å². The Balaban J connectivity index is 1.58. The summed E-state index contributed by atoms with van der Waals surface area (Å²) in [5.74, 6) is 0.0778. The number of carbonyl (C=O) groups is 1. The molecule has 4 aromatic rings. The standard InChI is InChI=1S/C28H28Cl2N6O/c1-17(2)35-25(33-27(37)28(35)12-15-31-16-13-28)22-11-14-32-26-23(18-7-9-19(29)10-8-18)24(34-36(22)26)20-5-3-4-6-21(20)30/h3-11,14,17,25,31H,12-13,15-16H2,1-2H3,(H,33,37). The van der Waals surface area contributed by atoms with Crippen LogP contribution in [0.3, 0.4) is 0 Å². The molecule has 0 saturated carbocycles. The SMILES string of the molecule is CC(C)N1C(c2ccnc3c(-c4ccc(Cl)cc4)c(-c4ccccc4Cl)nn23)NC(=O)C12CCNCC2. The van der Waals surface area contributed by atoms with E-state index >= 15 is 0 Å². The Bertz CT molecular complexity index is 1480. The van der Waals surface area contributed by atoms with E-state index in [9.17, 15) is 4.79 Å². The van der Waals surface area contributed by atoms with Crippen LogP contribution in [0.1, 0.15) is 38.5 Å². The van der Waals surface area contributed by atoms with Crippen LogP contribution in [0.15, 0.2) is 60.8 Å². The summed E-state index contributed by atoms with van der Waals surface area (Å²) < 4.78 is 1.86. The van der Waals surface area contributed by atoms with Crippen molar-refractivity contribution >= 4 is 34.8 Å². The molecule has 0 radical (unpaired) electrons. The van der Waals surface area contributed by atoms with Crippen LogP contribution in [0.4, 0.5) is 0 Å². The Hall–Kier alpha value is -2.97. The van der Waals surface area contributed by atoms with Crippen LogP contribution in [-0.4, -0.2) is 50.1 Å². The number of benzene rings is 2. The van der Waals surface area contributed by atoms with E-state index in [1.54, 1.807) is 6.20 Å². The second kappa shape index (κ2) is 9.40. The summed E-state index contributed by atoms with van der Waals surface area (Å²) in [5.41, 5.74) is 4.35. The number of carbonyl (C=O) groups excluding carboxylic acids is 1. The van der Waals surface area contributed by atoms with E-state index in [1.807, 2.05) is 59.1 Å². The number of hydrogen-bond acceptors (Lipinski definition) is 5. The lowest BCUT2D eigenvalue weighted by molar-refractivity contribution is -0.128. The summed E-state index contributed by atoms with van der Waals surface area (Å²) in [6, 6.07) is 17.4. The summed E-state index contributed by atoms with van der Waals surface area (Å²) in [7, 11) is 0. The highest BCUT2D eigenvalue weighted by Crippen LogP contribution is 2.43. The van der Waals surface area contributed by atoms with Gasteiger partial charge in [0.2, 0.25) is 5.91 Å². The van der Waals surface area contributed by atoms with Crippen molar-refractivity contribution in [2.75, 3.05) is 13.1 Å². The van der Waals surface area contributed by atoms with Crippen molar-refractivity contribution < 1.29 is 4.79 Å². The molecule has 2 fully saturated rings. The second-order valence-electron chi connectivity index (χ2n) is 9.97. The van der Waals surface area contributed by atoms with Gasteiger partial charge in [-0.3, -0.25) is 9.69 Å². The maximum absolute atomic E-state index is 13.5. The smallest absolute Gasteiger partial charge is 0.242 e. The number of halogens is 2. The van der Waals surface area contributed by atoms with Gasteiger partial charge in [-0.05, 0) is 69.6 Å². The number of piperidine rings is 1. The van der Waals surface area contributed by atoms with E-state index < -0.39 is 5.54 Å². The third-order valence-electron chi connectivity index (χ3n) is 7.54. The molecule has 0 aliphatic carbocycles. The number of fused-ring (bicyclic) bond motifs is 1. The lowest BCUT2D eigenvalue weighted by Gasteiger charge is -2.43. The van der Waals surface area contributed by atoms with Gasteiger partial charge in [-0.15, -0.1) is 0 Å². The van der Waals surface area contributed by atoms with Gasteiger partial charge in [-0.1, -0.05) is 53.5 Å². The van der Waals surface area contributed by atoms with E-state index in [0.717, 1.165) is 54.0 Å². The average molecular weight is 535 g/mol. The van der Waals surface area contributed by atoms with Gasteiger partial charge in [0.15, 0.2) is 5.65 Å². The van der Waals surface area contributed by atoms with Crippen molar-refractivity contribution in [3.8, 4) is 22.4 Å². The first-order valence-electron chi connectivity index (χ1n) is 12.6. The van der Waals surface area contributed by atoms with Crippen molar-refractivity contribution in [2.45, 2.75) is 44.4 Å².